The number of hydrogen-bond donors (Lipinski definition) is 1. The van der Waals surface area contributed by atoms with Crippen LogP contribution in [-0.2, 0) is 0 Å². The van der Waals surface area contributed by atoms with E-state index in [2.05, 4.69) is 51.9 Å². The van der Waals surface area contributed by atoms with Gasteiger partial charge in [0.05, 0.1) is 17.1 Å². The summed E-state index contributed by atoms with van der Waals surface area (Å²) in [5.41, 5.74) is 3.48. The number of carbonyl (C=O) groups is 1. The first-order chi connectivity index (χ1) is 16.7. The summed E-state index contributed by atoms with van der Waals surface area (Å²) in [6, 6.07) is 23.1. The molecule has 34 heavy (non-hydrogen) atoms. The van der Waals surface area contributed by atoms with Crippen LogP contribution in [0.3, 0.4) is 0 Å². The van der Waals surface area contributed by atoms with Crippen molar-refractivity contribution in [2.45, 2.75) is 6.04 Å². The maximum Gasteiger partial charge on any atom is 0.407 e. The smallest absolute Gasteiger partial charge is 0.407 e. The van der Waals surface area contributed by atoms with Crippen LogP contribution in [0.4, 0.5) is 4.79 Å². The molecule has 6 rings (SSSR count). The molecule has 1 aromatic heterocycles. The van der Waals surface area contributed by atoms with Crippen molar-refractivity contribution in [2.24, 2.45) is 0 Å². The number of amides is 1. The van der Waals surface area contributed by atoms with E-state index in [1.807, 2.05) is 24.3 Å². The number of piperazine rings is 1. The van der Waals surface area contributed by atoms with E-state index < -0.39 is 6.09 Å². The van der Waals surface area contributed by atoms with Crippen molar-refractivity contribution < 1.29 is 19.4 Å². The zero-order valence-electron chi connectivity index (χ0n) is 18.9. The van der Waals surface area contributed by atoms with Crippen molar-refractivity contribution in [3.05, 3.63) is 72.3 Å². The molecule has 1 amide bonds. The van der Waals surface area contributed by atoms with Crippen LogP contribution in [0.15, 0.2) is 66.7 Å². The molecule has 2 aliphatic heterocycles. The Bertz CT molecular complexity index is 1340. The molecule has 1 fully saturated rings. The number of hydrogen-bond acceptors (Lipinski definition) is 4. The molecule has 3 heterocycles. The van der Waals surface area contributed by atoms with Crippen molar-refractivity contribution in [1.29, 1.82) is 0 Å². The Labute approximate surface area is 197 Å². The summed E-state index contributed by atoms with van der Waals surface area (Å²) in [5.74, 6) is 1.78. The molecular weight excluding hydrogens is 430 g/mol. The highest BCUT2D eigenvalue weighted by atomic mass is 16.5. The Morgan fingerprint density at radius 1 is 0.971 bits per heavy atom. The van der Waals surface area contributed by atoms with Gasteiger partial charge in [-0.1, -0.05) is 48.5 Å². The maximum atomic E-state index is 11.1. The number of nitrogens with zero attached hydrogens (tertiary/aromatic N) is 3. The number of aromatic nitrogens is 1. The van der Waals surface area contributed by atoms with E-state index in [-0.39, 0.29) is 6.04 Å². The summed E-state index contributed by atoms with van der Waals surface area (Å²) in [5, 5.41) is 11.4. The van der Waals surface area contributed by atoms with Crippen molar-refractivity contribution in [2.75, 3.05) is 45.9 Å². The molecule has 1 N–H and O–H groups in total. The Morgan fingerprint density at radius 3 is 2.56 bits per heavy atom. The maximum absolute atomic E-state index is 11.1. The predicted molar refractivity (Wildman–Crippen MR) is 131 cm³/mol. The van der Waals surface area contributed by atoms with Crippen LogP contribution in [0.25, 0.3) is 21.8 Å². The summed E-state index contributed by atoms with van der Waals surface area (Å²) in [6.45, 7) is 4.47. The molecule has 7 nitrogen and oxygen atoms in total. The molecule has 1 saturated heterocycles. The second-order valence-corrected chi connectivity index (χ2v) is 8.87. The molecule has 3 aromatic carbocycles. The summed E-state index contributed by atoms with van der Waals surface area (Å²) >= 11 is 0. The van der Waals surface area contributed by atoms with Gasteiger partial charge in [0, 0.05) is 43.5 Å². The highest BCUT2D eigenvalue weighted by Crippen LogP contribution is 2.44. The quantitative estimate of drug-likeness (QED) is 0.480. The van der Waals surface area contributed by atoms with Crippen LogP contribution < -0.4 is 9.47 Å². The van der Waals surface area contributed by atoms with Gasteiger partial charge in [-0.05, 0) is 23.8 Å². The van der Waals surface area contributed by atoms with Crippen molar-refractivity contribution in [3.63, 3.8) is 0 Å². The van der Waals surface area contributed by atoms with Gasteiger partial charge in [0.2, 0.25) is 0 Å². The lowest BCUT2D eigenvalue weighted by Gasteiger charge is -2.32. The first-order valence-corrected chi connectivity index (χ1v) is 11.8. The van der Waals surface area contributed by atoms with E-state index in [1.54, 1.807) is 0 Å². The number of rotatable bonds is 5. The Morgan fingerprint density at radius 2 is 1.76 bits per heavy atom. The molecule has 0 saturated carbocycles. The number of carboxylic acid groups (broad SMARTS) is 1. The predicted octanol–water partition coefficient (Wildman–Crippen LogP) is 4.45. The monoisotopic (exact) mass is 457 g/mol. The summed E-state index contributed by atoms with van der Waals surface area (Å²) in [7, 11) is 0. The Hall–Kier alpha value is -3.71. The zero-order chi connectivity index (χ0) is 23.1. The standard InChI is InChI=1S/C27H27N3O4/c31-27(32)29-14-12-28(13-15-29)16-17-33-23-10-5-9-21-25(23)20-8-4-11-24-26(20)30(21)22(18-34-24)19-6-2-1-3-7-19/h1-11,22H,12-18H2,(H,31,32). The Balaban J connectivity index is 1.31. The molecule has 1 unspecified atom stereocenters. The van der Waals surface area contributed by atoms with Gasteiger partial charge in [0.15, 0.2) is 0 Å². The molecule has 0 spiro atoms. The van der Waals surface area contributed by atoms with E-state index in [1.165, 1.54) is 10.5 Å². The number of para-hydroxylation sites is 1. The first kappa shape index (κ1) is 20.9. The third-order valence-electron chi connectivity index (χ3n) is 6.97. The molecule has 0 bridgehead atoms. The molecule has 174 valence electrons. The lowest BCUT2D eigenvalue weighted by Crippen LogP contribution is -2.49. The highest BCUT2D eigenvalue weighted by molar-refractivity contribution is 6.13. The normalized spacial score (nSPS) is 18.2. The largest absolute Gasteiger partial charge is 0.492 e. The van der Waals surface area contributed by atoms with E-state index in [9.17, 15) is 4.79 Å². The van der Waals surface area contributed by atoms with Crippen LogP contribution in [0, 0.1) is 0 Å². The van der Waals surface area contributed by atoms with Crippen molar-refractivity contribution >= 4 is 27.9 Å². The third kappa shape index (κ3) is 3.53. The topological polar surface area (TPSA) is 67.2 Å². The fraction of sp³-hybridized carbons (Fsp3) is 0.296. The zero-order valence-corrected chi connectivity index (χ0v) is 18.9. The molecule has 1 atom stereocenters. The van der Waals surface area contributed by atoms with Crippen molar-refractivity contribution in [1.82, 2.24) is 14.4 Å². The molecule has 4 aromatic rings. The third-order valence-corrected chi connectivity index (χ3v) is 6.97. The van der Waals surface area contributed by atoms with E-state index in [4.69, 9.17) is 14.6 Å². The minimum atomic E-state index is -0.839. The molecule has 7 heteroatoms. The minimum Gasteiger partial charge on any atom is -0.492 e. The molecule has 0 aliphatic carbocycles. The van der Waals surface area contributed by atoms with Crippen LogP contribution in [-0.4, -0.2) is 71.5 Å². The second-order valence-electron chi connectivity index (χ2n) is 8.87. The lowest BCUT2D eigenvalue weighted by molar-refractivity contribution is 0.0986. The molecule has 0 radical (unpaired) electrons. The number of fused-ring (bicyclic) bond motifs is 3. The average Bonchev–Trinajstić information content (AvgIpc) is 3.22. The SMILES string of the molecule is O=C(O)N1CCN(CCOc2cccc3c2c2cccc4c2n3C(c2ccccc2)CO4)CC1. The van der Waals surface area contributed by atoms with Crippen LogP contribution in [0.2, 0.25) is 0 Å². The summed E-state index contributed by atoms with van der Waals surface area (Å²) in [4.78, 5) is 14.9. The fourth-order valence-electron chi connectivity index (χ4n) is 5.26. The van der Waals surface area contributed by atoms with Gasteiger partial charge in [-0.25, -0.2) is 4.79 Å². The summed E-state index contributed by atoms with van der Waals surface area (Å²) in [6.07, 6.45) is -0.839. The van der Waals surface area contributed by atoms with Gasteiger partial charge in [-0.15, -0.1) is 0 Å². The number of ether oxygens (including phenoxy) is 2. The van der Waals surface area contributed by atoms with Gasteiger partial charge >= 0.3 is 6.09 Å². The first-order valence-electron chi connectivity index (χ1n) is 11.8. The Kier molecular flexibility index (Phi) is 5.26. The van der Waals surface area contributed by atoms with Gasteiger partial charge in [0.1, 0.15) is 24.7 Å². The number of benzene rings is 3. The van der Waals surface area contributed by atoms with Gasteiger partial charge in [-0.2, -0.15) is 0 Å². The van der Waals surface area contributed by atoms with E-state index in [0.29, 0.717) is 26.3 Å². The van der Waals surface area contributed by atoms with Gasteiger partial charge < -0.3 is 24.0 Å². The van der Waals surface area contributed by atoms with Crippen molar-refractivity contribution in [3.8, 4) is 11.5 Å². The highest BCUT2D eigenvalue weighted by Gasteiger charge is 2.28. The minimum absolute atomic E-state index is 0.0943. The molecular formula is C27H27N3O4. The van der Waals surface area contributed by atoms with Crippen LogP contribution >= 0.6 is 0 Å². The van der Waals surface area contributed by atoms with E-state index >= 15 is 0 Å². The average molecular weight is 458 g/mol. The van der Waals surface area contributed by atoms with Gasteiger partial charge in [0.25, 0.3) is 0 Å². The summed E-state index contributed by atoms with van der Waals surface area (Å²) < 4.78 is 14.9. The fourth-order valence-corrected chi connectivity index (χ4v) is 5.26. The second kappa shape index (κ2) is 8.57. The van der Waals surface area contributed by atoms with E-state index in [0.717, 1.165) is 52.9 Å². The van der Waals surface area contributed by atoms with Gasteiger partial charge in [-0.3, -0.25) is 4.90 Å². The lowest BCUT2D eigenvalue weighted by atomic mass is 10.1. The van der Waals surface area contributed by atoms with Crippen LogP contribution in [0.1, 0.15) is 11.6 Å². The molecule has 2 aliphatic rings. The van der Waals surface area contributed by atoms with Crippen LogP contribution in [0.5, 0.6) is 11.5 Å².